The molecule has 3 rings (SSSR count). The molecule has 2 aromatic carbocycles. The average Bonchev–Trinajstić information content (AvgIpc) is 2.68. The molecule has 0 aliphatic rings. The molecule has 1 heterocycles. The number of methoxy groups -OCH3 is 2. The number of carbonyl (C=O) groups excluding carboxylic acids is 1. The molecule has 0 spiro atoms. The van der Waals surface area contributed by atoms with Crippen LogP contribution in [0.15, 0.2) is 41.2 Å². The summed E-state index contributed by atoms with van der Waals surface area (Å²) in [6.45, 7) is 0. The second kappa shape index (κ2) is 7.74. The predicted molar refractivity (Wildman–Crippen MR) is 101 cm³/mol. The van der Waals surface area contributed by atoms with Crippen molar-refractivity contribution in [3.05, 3.63) is 62.6 Å². The Hall–Kier alpha value is -3.95. The van der Waals surface area contributed by atoms with Gasteiger partial charge in [0.15, 0.2) is 0 Å². The van der Waals surface area contributed by atoms with Crippen LogP contribution >= 0.6 is 0 Å². The van der Waals surface area contributed by atoms with Crippen molar-refractivity contribution in [3.63, 3.8) is 0 Å². The summed E-state index contributed by atoms with van der Waals surface area (Å²) < 4.78 is 10.1. The zero-order valence-corrected chi connectivity index (χ0v) is 15.0. The monoisotopic (exact) mass is 384 g/mol. The van der Waals surface area contributed by atoms with E-state index in [1.54, 1.807) is 18.2 Å². The van der Waals surface area contributed by atoms with Crippen molar-refractivity contribution >= 4 is 28.3 Å². The van der Waals surface area contributed by atoms with Crippen molar-refractivity contribution in [1.29, 1.82) is 0 Å². The van der Waals surface area contributed by atoms with Crippen LogP contribution in [0.25, 0.3) is 11.0 Å². The third kappa shape index (κ3) is 3.90. The molecule has 0 atom stereocenters. The van der Waals surface area contributed by atoms with E-state index in [9.17, 15) is 19.7 Å². The first-order valence-corrected chi connectivity index (χ1v) is 8.10. The number of rotatable bonds is 6. The molecular formula is C18H16N4O6. The first kappa shape index (κ1) is 18.8. The Kier molecular flexibility index (Phi) is 5.21. The fourth-order valence-electron chi connectivity index (χ4n) is 2.59. The molecule has 0 aliphatic heterocycles. The van der Waals surface area contributed by atoms with E-state index in [-0.39, 0.29) is 29.2 Å². The molecule has 0 radical (unpaired) electrons. The van der Waals surface area contributed by atoms with Gasteiger partial charge in [-0.2, -0.15) is 0 Å². The molecular weight excluding hydrogens is 368 g/mol. The minimum absolute atomic E-state index is 0.00492. The van der Waals surface area contributed by atoms with Gasteiger partial charge in [-0.05, 0) is 24.3 Å². The van der Waals surface area contributed by atoms with Gasteiger partial charge in [0.2, 0.25) is 5.91 Å². The van der Waals surface area contributed by atoms with E-state index in [1.807, 2.05) is 0 Å². The van der Waals surface area contributed by atoms with Crippen molar-refractivity contribution < 1.29 is 19.2 Å². The van der Waals surface area contributed by atoms with Gasteiger partial charge in [0.05, 0.1) is 42.7 Å². The van der Waals surface area contributed by atoms with Crippen LogP contribution in [0, 0.1) is 10.1 Å². The van der Waals surface area contributed by atoms with Crippen LogP contribution in [0.2, 0.25) is 0 Å². The van der Waals surface area contributed by atoms with Crippen LogP contribution in [0.4, 0.5) is 11.4 Å². The predicted octanol–water partition coefficient (Wildman–Crippen LogP) is 2.03. The Morgan fingerprint density at radius 2 is 1.86 bits per heavy atom. The molecule has 1 aromatic heterocycles. The SMILES string of the molecule is COc1ccc(NC(=O)Cc2nc3cc(OC)ccc3[nH]c2=O)c([N+](=O)[O-])c1. The maximum atomic E-state index is 12.3. The van der Waals surface area contributed by atoms with E-state index in [2.05, 4.69) is 15.3 Å². The summed E-state index contributed by atoms with van der Waals surface area (Å²) >= 11 is 0. The van der Waals surface area contributed by atoms with Crippen molar-refractivity contribution in [2.75, 3.05) is 19.5 Å². The van der Waals surface area contributed by atoms with Crippen molar-refractivity contribution in [3.8, 4) is 11.5 Å². The second-order valence-electron chi connectivity index (χ2n) is 5.76. The fraction of sp³-hybridized carbons (Fsp3) is 0.167. The number of nitro benzene ring substituents is 1. The number of nitrogens with one attached hydrogen (secondary N) is 2. The van der Waals surface area contributed by atoms with Gasteiger partial charge in [-0.15, -0.1) is 0 Å². The first-order chi connectivity index (χ1) is 13.4. The number of aromatic amines is 1. The quantitative estimate of drug-likeness (QED) is 0.490. The lowest BCUT2D eigenvalue weighted by atomic mass is 10.2. The number of hydrogen-bond donors (Lipinski definition) is 2. The average molecular weight is 384 g/mol. The van der Waals surface area contributed by atoms with Gasteiger partial charge in [0, 0.05) is 6.07 Å². The van der Waals surface area contributed by atoms with E-state index in [0.29, 0.717) is 16.8 Å². The highest BCUT2D eigenvalue weighted by molar-refractivity contribution is 5.94. The molecule has 0 unspecified atom stereocenters. The van der Waals surface area contributed by atoms with Gasteiger partial charge in [-0.3, -0.25) is 19.7 Å². The van der Waals surface area contributed by atoms with Crippen LogP contribution < -0.4 is 20.3 Å². The molecule has 0 saturated heterocycles. The smallest absolute Gasteiger partial charge is 0.296 e. The summed E-state index contributed by atoms with van der Waals surface area (Å²) in [7, 11) is 2.88. The first-order valence-electron chi connectivity index (χ1n) is 8.10. The molecule has 3 aromatic rings. The van der Waals surface area contributed by atoms with Gasteiger partial charge < -0.3 is 19.8 Å². The number of nitro groups is 1. The van der Waals surface area contributed by atoms with Crippen LogP contribution in [-0.2, 0) is 11.2 Å². The van der Waals surface area contributed by atoms with E-state index < -0.39 is 16.4 Å². The number of benzene rings is 2. The van der Waals surface area contributed by atoms with Crippen molar-refractivity contribution in [2.24, 2.45) is 0 Å². The van der Waals surface area contributed by atoms with Gasteiger partial charge in [0.25, 0.3) is 11.2 Å². The van der Waals surface area contributed by atoms with Gasteiger partial charge in [0.1, 0.15) is 22.9 Å². The summed E-state index contributed by atoms with van der Waals surface area (Å²) in [6.07, 6.45) is -0.355. The highest BCUT2D eigenvalue weighted by Gasteiger charge is 2.18. The Labute approximate surface area is 158 Å². The standard InChI is InChI=1S/C18H16N4O6/c1-27-10-3-5-12-14(7-10)19-15(18(24)21-12)9-17(23)20-13-6-4-11(28-2)8-16(13)22(25)26/h3-8H,9H2,1-2H3,(H,20,23)(H,21,24). The number of anilines is 1. The van der Waals surface area contributed by atoms with Crippen LogP contribution in [0.1, 0.15) is 5.69 Å². The Balaban J connectivity index is 1.86. The third-order valence-electron chi connectivity index (χ3n) is 3.97. The molecule has 10 nitrogen and oxygen atoms in total. The highest BCUT2D eigenvalue weighted by atomic mass is 16.6. The lowest BCUT2D eigenvalue weighted by Crippen LogP contribution is -2.23. The van der Waals surface area contributed by atoms with Gasteiger partial charge in [-0.1, -0.05) is 0 Å². The maximum Gasteiger partial charge on any atom is 0.296 e. The lowest BCUT2D eigenvalue weighted by molar-refractivity contribution is -0.384. The minimum atomic E-state index is -0.633. The van der Waals surface area contributed by atoms with E-state index in [0.717, 1.165) is 0 Å². The Morgan fingerprint density at radius 1 is 1.18 bits per heavy atom. The summed E-state index contributed by atoms with van der Waals surface area (Å²) in [5.41, 5.74) is 0.0943. The third-order valence-corrected chi connectivity index (χ3v) is 3.97. The summed E-state index contributed by atoms with van der Waals surface area (Å²) in [5.74, 6) is 0.219. The van der Waals surface area contributed by atoms with E-state index in [1.165, 1.54) is 32.4 Å². The number of amides is 1. The fourth-order valence-corrected chi connectivity index (χ4v) is 2.59. The van der Waals surface area contributed by atoms with E-state index in [4.69, 9.17) is 9.47 Å². The molecule has 0 saturated carbocycles. The summed E-state index contributed by atoms with van der Waals surface area (Å²) in [5, 5.41) is 13.6. The molecule has 10 heteroatoms. The lowest BCUT2D eigenvalue weighted by Gasteiger charge is -2.08. The minimum Gasteiger partial charge on any atom is -0.497 e. The number of aromatic nitrogens is 2. The normalized spacial score (nSPS) is 10.5. The summed E-state index contributed by atoms with van der Waals surface area (Å²) in [4.78, 5) is 42.0. The van der Waals surface area contributed by atoms with Crippen molar-refractivity contribution in [2.45, 2.75) is 6.42 Å². The molecule has 0 aliphatic carbocycles. The molecule has 0 bridgehead atoms. The topological polar surface area (TPSA) is 136 Å². The zero-order chi connectivity index (χ0) is 20.3. The van der Waals surface area contributed by atoms with Crippen LogP contribution in [-0.4, -0.2) is 35.0 Å². The number of carbonyl (C=O) groups is 1. The Morgan fingerprint density at radius 3 is 2.54 bits per heavy atom. The summed E-state index contributed by atoms with van der Waals surface area (Å²) in [6, 6.07) is 8.99. The zero-order valence-electron chi connectivity index (χ0n) is 15.0. The van der Waals surface area contributed by atoms with Crippen molar-refractivity contribution in [1.82, 2.24) is 9.97 Å². The van der Waals surface area contributed by atoms with Crippen LogP contribution in [0.5, 0.6) is 11.5 Å². The van der Waals surface area contributed by atoms with Gasteiger partial charge in [-0.25, -0.2) is 4.98 Å². The molecule has 144 valence electrons. The molecule has 0 fully saturated rings. The Bertz CT molecular complexity index is 1120. The number of hydrogen-bond acceptors (Lipinski definition) is 7. The van der Waals surface area contributed by atoms with Crippen LogP contribution in [0.3, 0.4) is 0 Å². The van der Waals surface area contributed by atoms with Gasteiger partial charge >= 0.3 is 0 Å². The number of fused-ring (bicyclic) bond motifs is 1. The number of ether oxygens (including phenoxy) is 2. The number of nitrogens with zero attached hydrogens (tertiary/aromatic N) is 2. The second-order valence-corrected chi connectivity index (χ2v) is 5.76. The molecule has 28 heavy (non-hydrogen) atoms. The molecule has 2 N–H and O–H groups in total. The molecule has 1 amide bonds. The number of H-pyrrole nitrogens is 1. The largest absolute Gasteiger partial charge is 0.497 e. The maximum absolute atomic E-state index is 12.3. The van der Waals surface area contributed by atoms with E-state index >= 15 is 0 Å². The highest BCUT2D eigenvalue weighted by Crippen LogP contribution is 2.29.